The molecule has 2 aliphatic rings. The summed E-state index contributed by atoms with van der Waals surface area (Å²) in [5.74, 6) is 1.35. The summed E-state index contributed by atoms with van der Waals surface area (Å²) >= 11 is 0. The first-order chi connectivity index (χ1) is 10.8. The number of hydrogen-bond acceptors (Lipinski definition) is 2. The van der Waals surface area contributed by atoms with Gasteiger partial charge in [-0.2, -0.15) is 0 Å². The lowest BCUT2D eigenvalue weighted by Gasteiger charge is -2.24. The van der Waals surface area contributed by atoms with Gasteiger partial charge in [-0.1, -0.05) is 51.6 Å². The summed E-state index contributed by atoms with van der Waals surface area (Å²) in [6.07, 6.45) is 1.42. The van der Waals surface area contributed by atoms with Crippen LogP contribution in [0.5, 0.6) is 0 Å². The van der Waals surface area contributed by atoms with Gasteiger partial charge in [0.1, 0.15) is 0 Å². The number of amides is 1. The van der Waals surface area contributed by atoms with Crippen molar-refractivity contribution in [3.8, 4) is 0 Å². The summed E-state index contributed by atoms with van der Waals surface area (Å²) in [5.41, 5.74) is 2.98. The molecule has 0 spiro atoms. The minimum absolute atomic E-state index is 0.0497. The third-order valence-electron chi connectivity index (χ3n) is 5.42. The molecule has 1 aliphatic heterocycles. The fourth-order valence-electron chi connectivity index (χ4n) is 3.95. The second kappa shape index (κ2) is 5.79. The molecule has 1 unspecified atom stereocenters. The first kappa shape index (κ1) is 16.3. The van der Waals surface area contributed by atoms with Crippen molar-refractivity contribution in [3.05, 3.63) is 48.0 Å². The highest BCUT2D eigenvalue weighted by molar-refractivity contribution is 5.87. The van der Waals surface area contributed by atoms with Crippen molar-refractivity contribution in [1.82, 2.24) is 9.80 Å². The Hall–Kier alpha value is -1.61. The van der Waals surface area contributed by atoms with Crippen LogP contribution in [-0.4, -0.2) is 41.9 Å². The maximum Gasteiger partial charge on any atom is 0.245 e. The highest BCUT2D eigenvalue weighted by atomic mass is 16.2. The number of hydrogen-bond donors (Lipinski definition) is 0. The van der Waals surface area contributed by atoms with E-state index in [2.05, 4.69) is 56.5 Å². The van der Waals surface area contributed by atoms with Crippen LogP contribution >= 0.6 is 0 Å². The molecule has 0 bridgehead atoms. The predicted molar refractivity (Wildman–Crippen MR) is 94.2 cm³/mol. The van der Waals surface area contributed by atoms with Crippen LogP contribution in [0.25, 0.3) is 0 Å². The van der Waals surface area contributed by atoms with E-state index in [1.807, 2.05) is 11.9 Å². The SMILES string of the molecule is C=CC(=O)N(C)C1[C@H]2CN(Cc3ccc(C(C)(C)C)cc3)C[C@@H]12. The van der Waals surface area contributed by atoms with Crippen molar-refractivity contribution >= 4 is 5.91 Å². The molecule has 2 fully saturated rings. The lowest BCUT2D eigenvalue weighted by atomic mass is 9.87. The Morgan fingerprint density at radius 1 is 1.26 bits per heavy atom. The number of benzene rings is 1. The lowest BCUT2D eigenvalue weighted by Crippen LogP contribution is -2.35. The molecule has 23 heavy (non-hydrogen) atoms. The fourth-order valence-corrected chi connectivity index (χ4v) is 3.95. The minimum atomic E-state index is 0.0497. The van der Waals surface area contributed by atoms with Gasteiger partial charge in [-0.05, 0) is 34.5 Å². The highest BCUT2D eigenvalue weighted by Crippen LogP contribution is 2.48. The van der Waals surface area contributed by atoms with Gasteiger partial charge in [0, 0.05) is 32.7 Å². The van der Waals surface area contributed by atoms with E-state index in [-0.39, 0.29) is 11.3 Å². The van der Waals surface area contributed by atoms with Gasteiger partial charge in [0.05, 0.1) is 0 Å². The molecular formula is C20H28N2O. The number of likely N-dealkylation sites (N-methyl/N-ethyl adjacent to an activating group) is 1. The van der Waals surface area contributed by atoms with Gasteiger partial charge >= 0.3 is 0 Å². The largest absolute Gasteiger partial charge is 0.339 e. The van der Waals surface area contributed by atoms with Crippen molar-refractivity contribution in [2.45, 2.75) is 38.8 Å². The number of carbonyl (C=O) groups is 1. The van der Waals surface area contributed by atoms with E-state index in [1.54, 1.807) is 0 Å². The number of carbonyl (C=O) groups excluding carboxylic acids is 1. The number of fused-ring (bicyclic) bond motifs is 1. The average molecular weight is 312 g/mol. The topological polar surface area (TPSA) is 23.6 Å². The maximum absolute atomic E-state index is 11.7. The van der Waals surface area contributed by atoms with Crippen LogP contribution in [-0.2, 0) is 16.8 Å². The van der Waals surface area contributed by atoms with Crippen LogP contribution in [0.15, 0.2) is 36.9 Å². The summed E-state index contributed by atoms with van der Waals surface area (Å²) in [6.45, 7) is 13.5. The van der Waals surface area contributed by atoms with Crippen molar-refractivity contribution in [2.75, 3.05) is 20.1 Å². The number of nitrogens with zero attached hydrogens (tertiary/aromatic N) is 2. The van der Waals surface area contributed by atoms with Crippen molar-refractivity contribution in [3.63, 3.8) is 0 Å². The monoisotopic (exact) mass is 312 g/mol. The second-order valence-electron chi connectivity index (χ2n) is 8.11. The molecular weight excluding hydrogens is 284 g/mol. The van der Waals surface area contributed by atoms with E-state index in [4.69, 9.17) is 0 Å². The molecule has 124 valence electrons. The van der Waals surface area contributed by atoms with Crippen LogP contribution in [0.1, 0.15) is 31.9 Å². The lowest BCUT2D eigenvalue weighted by molar-refractivity contribution is -0.125. The van der Waals surface area contributed by atoms with Crippen molar-refractivity contribution in [1.29, 1.82) is 0 Å². The summed E-state index contributed by atoms with van der Waals surface area (Å²) in [4.78, 5) is 16.1. The van der Waals surface area contributed by atoms with E-state index in [0.717, 1.165) is 19.6 Å². The summed E-state index contributed by atoms with van der Waals surface area (Å²) in [5, 5.41) is 0. The summed E-state index contributed by atoms with van der Waals surface area (Å²) < 4.78 is 0. The molecule has 3 heteroatoms. The normalized spacial score (nSPS) is 26.7. The minimum Gasteiger partial charge on any atom is -0.339 e. The predicted octanol–water partition coefficient (Wildman–Crippen LogP) is 3.06. The second-order valence-corrected chi connectivity index (χ2v) is 8.11. The third-order valence-corrected chi connectivity index (χ3v) is 5.42. The van der Waals surface area contributed by atoms with Crippen LogP contribution in [0.3, 0.4) is 0 Å². The average Bonchev–Trinajstić information content (AvgIpc) is 3.01. The molecule has 1 aliphatic carbocycles. The van der Waals surface area contributed by atoms with E-state index in [9.17, 15) is 4.79 Å². The zero-order valence-electron chi connectivity index (χ0n) is 14.7. The van der Waals surface area contributed by atoms with Crippen molar-refractivity contribution < 1.29 is 4.79 Å². The molecule has 1 saturated heterocycles. The molecule has 0 N–H and O–H groups in total. The standard InChI is InChI=1S/C20H28N2O/c1-6-18(23)21(5)19-16-12-22(13-17(16)19)11-14-7-9-15(10-8-14)20(2,3)4/h6-10,16-17,19H,1,11-13H2,2-5H3/t16-,17+,19?. The fraction of sp³-hybridized carbons (Fsp3) is 0.550. The highest BCUT2D eigenvalue weighted by Gasteiger charge is 2.58. The zero-order chi connectivity index (χ0) is 16.8. The van der Waals surface area contributed by atoms with Gasteiger partial charge < -0.3 is 4.90 Å². The molecule has 3 nitrogen and oxygen atoms in total. The Balaban J connectivity index is 1.53. The number of piperidine rings is 1. The Labute approximate surface area is 140 Å². The Bertz CT molecular complexity index is 587. The Morgan fingerprint density at radius 3 is 2.30 bits per heavy atom. The van der Waals surface area contributed by atoms with E-state index in [0.29, 0.717) is 17.9 Å². The van der Waals surface area contributed by atoms with Gasteiger partial charge in [-0.15, -0.1) is 0 Å². The summed E-state index contributed by atoms with van der Waals surface area (Å²) in [7, 11) is 1.91. The quantitative estimate of drug-likeness (QED) is 0.798. The number of likely N-dealkylation sites (tertiary alicyclic amines) is 1. The van der Waals surface area contributed by atoms with E-state index >= 15 is 0 Å². The molecule has 0 aromatic heterocycles. The smallest absolute Gasteiger partial charge is 0.245 e. The van der Waals surface area contributed by atoms with E-state index < -0.39 is 0 Å². The molecule has 3 atom stereocenters. The first-order valence-corrected chi connectivity index (χ1v) is 8.52. The zero-order valence-corrected chi connectivity index (χ0v) is 14.7. The van der Waals surface area contributed by atoms with Crippen LogP contribution in [0.2, 0.25) is 0 Å². The Kier molecular flexibility index (Phi) is 4.09. The van der Waals surface area contributed by atoms with Gasteiger partial charge in [0.2, 0.25) is 5.91 Å². The van der Waals surface area contributed by atoms with Gasteiger partial charge in [0.15, 0.2) is 0 Å². The van der Waals surface area contributed by atoms with Crippen LogP contribution in [0, 0.1) is 11.8 Å². The molecule has 1 heterocycles. The van der Waals surface area contributed by atoms with Crippen molar-refractivity contribution in [2.24, 2.45) is 11.8 Å². The Morgan fingerprint density at radius 2 is 1.83 bits per heavy atom. The van der Waals surface area contributed by atoms with E-state index in [1.165, 1.54) is 17.2 Å². The number of rotatable bonds is 4. The van der Waals surface area contributed by atoms with Gasteiger partial charge in [-0.3, -0.25) is 9.69 Å². The molecule has 1 saturated carbocycles. The van der Waals surface area contributed by atoms with Gasteiger partial charge in [-0.25, -0.2) is 0 Å². The van der Waals surface area contributed by atoms with Crippen LogP contribution < -0.4 is 0 Å². The summed E-state index contributed by atoms with van der Waals surface area (Å²) in [6, 6.07) is 9.46. The first-order valence-electron chi connectivity index (χ1n) is 8.52. The molecule has 1 amide bonds. The van der Waals surface area contributed by atoms with Crippen LogP contribution in [0.4, 0.5) is 0 Å². The molecule has 1 aromatic rings. The third kappa shape index (κ3) is 3.20. The van der Waals surface area contributed by atoms with Gasteiger partial charge in [0.25, 0.3) is 0 Å². The molecule has 0 radical (unpaired) electrons. The molecule has 3 rings (SSSR count). The molecule has 1 aromatic carbocycles. The maximum atomic E-state index is 11.7.